The maximum atomic E-state index is 9.27. The van der Waals surface area contributed by atoms with Gasteiger partial charge in [0, 0.05) is 29.5 Å². The third kappa shape index (κ3) is 3.16. The molecule has 6 nitrogen and oxygen atoms in total. The summed E-state index contributed by atoms with van der Waals surface area (Å²) in [5, 5.41) is 11.4. The number of rotatable bonds is 5. The average Bonchev–Trinajstić information content (AvgIpc) is 2.82. The Morgan fingerprint density at radius 2 is 1.87 bits per heavy atom. The first-order valence-corrected chi connectivity index (χ1v) is 10.3. The molecule has 5 rings (SSSR count). The number of aliphatic hydroxyl groups is 1. The lowest BCUT2D eigenvalue weighted by Gasteiger charge is -2.28. The Balaban J connectivity index is 1.80. The van der Waals surface area contributed by atoms with Gasteiger partial charge in [-0.15, -0.1) is 0 Å². The predicted octanol–water partition coefficient (Wildman–Crippen LogP) is 3.78. The summed E-state index contributed by atoms with van der Waals surface area (Å²) in [6.45, 7) is 0.663. The van der Waals surface area contributed by atoms with Crippen molar-refractivity contribution >= 4 is 16.6 Å². The zero-order valence-corrected chi connectivity index (χ0v) is 17.3. The summed E-state index contributed by atoms with van der Waals surface area (Å²) in [7, 11) is 1.68. The number of aromatic nitrogens is 2. The molecule has 0 radical (unpaired) electrons. The second kappa shape index (κ2) is 7.89. The Hall–Kier alpha value is -3.64. The van der Waals surface area contributed by atoms with E-state index in [1.807, 2.05) is 34.9 Å². The number of anilines is 1. The van der Waals surface area contributed by atoms with Gasteiger partial charge in [-0.1, -0.05) is 59.6 Å². The number of benzene rings is 3. The van der Waals surface area contributed by atoms with Crippen LogP contribution in [0.4, 0.5) is 5.82 Å². The fourth-order valence-corrected chi connectivity index (χ4v) is 4.37. The number of aliphatic hydroxyl groups excluding tert-OH is 1. The lowest BCUT2D eigenvalue weighted by Crippen LogP contribution is -2.40. The maximum Gasteiger partial charge on any atom is 0.306 e. The standard InChI is InChI=1S/C25H23N3O3/c1-30-20-10-5-4-9-18(20)21-19-12-11-16-7-2-3-8-17(16)23(19)31-25-22(21)24(26)28(15-27-25)13-6-14-29/h2-5,7-12,15,21,26,29H,6,13-14H2,1H3/p+1/t21-/m1/s1. The van der Waals surface area contributed by atoms with Gasteiger partial charge in [0.2, 0.25) is 12.1 Å². The SMILES string of the molecule is COc1ccccc1[C@@H]1c2ccc3ccccc3c2Oc2nc[n+](CCCO)c(N)c21. The largest absolute Gasteiger partial charge is 0.496 e. The monoisotopic (exact) mass is 414 g/mol. The molecule has 31 heavy (non-hydrogen) atoms. The molecule has 6 heteroatoms. The quantitative estimate of drug-likeness (QED) is 0.428. The minimum atomic E-state index is -0.200. The highest BCUT2D eigenvalue weighted by Gasteiger charge is 2.38. The van der Waals surface area contributed by atoms with Crippen molar-refractivity contribution in [1.82, 2.24) is 4.98 Å². The average molecular weight is 414 g/mol. The first kappa shape index (κ1) is 19.3. The Bertz CT molecular complexity index is 1270. The van der Waals surface area contributed by atoms with Crippen molar-refractivity contribution in [2.75, 3.05) is 19.5 Å². The molecule has 156 valence electrons. The van der Waals surface area contributed by atoms with Crippen LogP contribution in [0.25, 0.3) is 10.8 Å². The highest BCUT2D eigenvalue weighted by Crippen LogP contribution is 2.51. The van der Waals surface area contributed by atoms with Crippen molar-refractivity contribution in [1.29, 1.82) is 0 Å². The normalized spacial score (nSPS) is 14.6. The van der Waals surface area contributed by atoms with Gasteiger partial charge in [-0.25, -0.2) is 4.57 Å². The number of aryl methyl sites for hydroxylation is 1. The molecule has 3 aromatic carbocycles. The Labute approximate surface area is 180 Å². The minimum Gasteiger partial charge on any atom is -0.496 e. The molecule has 1 aromatic heterocycles. The molecule has 0 saturated heterocycles. The minimum absolute atomic E-state index is 0.0881. The van der Waals surface area contributed by atoms with Gasteiger partial charge in [-0.2, -0.15) is 0 Å². The fourth-order valence-electron chi connectivity index (χ4n) is 4.37. The second-order valence-electron chi connectivity index (χ2n) is 7.60. The van der Waals surface area contributed by atoms with Gasteiger partial charge in [0.25, 0.3) is 0 Å². The third-order valence-electron chi connectivity index (χ3n) is 5.85. The lowest BCUT2D eigenvalue weighted by molar-refractivity contribution is -0.686. The Kier molecular flexibility index (Phi) is 4.92. The van der Waals surface area contributed by atoms with Crippen LogP contribution in [0.1, 0.15) is 29.0 Å². The fraction of sp³-hybridized carbons (Fsp3) is 0.200. The van der Waals surface area contributed by atoms with Crippen LogP contribution in [-0.2, 0) is 6.54 Å². The van der Waals surface area contributed by atoms with Gasteiger partial charge in [-0.3, -0.25) is 0 Å². The van der Waals surface area contributed by atoms with Crippen LogP contribution in [0.2, 0.25) is 0 Å². The number of ether oxygens (including phenoxy) is 2. The van der Waals surface area contributed by atoms with E-state index in [4.69, 9.17) is 15.2 Å². The van der Waals surface area contributed by atoms with Gasteiger partial charge in [0.05, 0.1) is 19.6 Å². The van der Waals surface area contributed by atoms with Crippen LogP contribution in [-0.4, -0.2) is 23.8 Å². The summed E-state index contributed by atoms with van der Waals surface area (Å²) in [5.41, 5.74) is 9.48. The molecule has 3 N–H and O–H groups in total. The van der Waals surface area contributed by atoms with Crippen molar-refractivity contribution in [2.24, 2.45) is 0 Å². The van der Waals surface area contributed by atoms with Crippen molar-refractivity contribution in [3.05, 3.63) is 83.7 Å². The van der Waals surface area contributed by atoms with E-state index in [2.05, 4.69) is 35.3 Å². The van der Waals surface area contributed by atoms with Gasteiger partial charge in [0.15, 0.2) is 0 Å². The zero-order chi connectivity index (χ0) is 21.4. The third-order valence-corrected chi connectivity index (χ3v) is 5.85. The van der Waals surface area contributed by atoms with Crippen LogP contribution < -0.4 is 19.8 Å². The summed E-state index contributed by atoms with van der Waals surface area (Å²) in [6.07, 6.45) is 2.27. The lowest BCUT2D eigenvalue weighted by atomic mass is 9.82. The van der Waals surface area contributed by atoms with E-state index < -0.39 is 0 Å². The Morgan fingerprint density at radius 3 is 2.71 bits per heavy atom. The first-order valence-electron chi connectivity index (χ1n) is 10.3. The van der Waals surface area contributed by atoms with E-state index in [0.717, 1.165) is 39.0 Å². The van der Waals surface area contributed by atoms with Crippen molar-refractivity contribution in [3.8, 4) is 17.4 Å². The van der Waals surface area contributed by atoms with Crippen LogP contribution in [0.3, 0.4) is 0 Å². The van der Waals surface area contributed by atoms with Crippen LogP contribution in [0.5, 0.6) is 17.4 Å². The number of hydrogen-bond acceptors (Lipinski definition) is 5. The highest BCUT2D eigenvalue weighted by molar-refractivity contribution is 5.91. The Morgan fingerprint density at radius 1 is 1.06 bits per heavy atom. The van der Waals surface area contributed by atoms with Crippen LogP contribution in [0, 0.1) is 0 Å². The van der Waals surface area contributed by atoms with E-state index >= 15 is 0 Å². The number of nitrogens with two attached hydrogens (primary N) is 1. The molecular formula is C25H24N3O3+. The summed E-state index contributed by atoms with van der Waals surface area (Å²) >= 11 is 0. The van der Waals surface area contributed by atoms with Crippen molar-refractivity contribution in [3.63, 3.8) is 0 Å². The number of fused-ring (bicyclic) bond motifs is 4. The number of hydrogen-bond donors (Lipinski definition) is 2. The molecule has 0 fully saturated rings. The first-order chi connectivity index (χ1) is 15.2. The van der Waals surface area contributed by atoms with E-state index in [9.17, 15) is 5.11 Å². The van der Waals surface area contributed by atoms with Gasteiger partial charge >= 0.3 is 5.88 Å². The molecule has 1 aliphatic heterocycles. The number of nitrogens with zero attached hydrogens (tertiary/aromatic N) is 2. The highest BCUT2D eigenvalue weighted by atomic mass is 16.5. The molecule has 0 amide bonds. The summed E-state index contributed by atoms with van der Waals surface area (Å²) < 4.78 is 13.9. The predicted molar refractivity (Wildman–Crippen MR) is 119 cm³/mol. The van der Waals surface area contributed by atoms with Gasteiger partial charge in [-0.05, 0) is 11.5 Å². The number of para-hydroxylation sites is 1. The van der Waals surface area contributed by atoms with Gasteiger partial charge < -0.3 is 20.3 Å². The van der Waals surface area contributed by atoms with E-state index in [1.165, 1.54) is 0 Å². The molecule has 0 bridgehead atoms. The van der Waals surface area contributed by atoms with Crippen molar-refractivity contribution in [2.45, 2.75) is 18.9 Å². The molecule has 1 atom stereocenters. The molecule has 0 aliphatic carbocycles. The van der Waals surface area contributed by atoms with E-state index in [1.54, 1.807) is 13.4 Å². The zero-order valence-electron chi connectivity index (χ0n) is 17.3. The van der Waals surface area contributed by atoms with E-state index in [-0.39, 0.29) is 12.5 Å². The smallest absolute Gasteiger partial charge is 0.306 e. The summed E-state index contributed by atoms with van der Waals surface area (Å²) in [4.78, 5) is 4.61. The summed E-state index contributed by atoms with van der Waals surface area (Å²) in [5.74, 6) is 2.45. The molecule has 0 spiro atoms. The van der Waals surface area contributed by atoms with Gasteiger partial charge in [0.1, 0.15) is 17.1 Å². The second-order valence-corrected chi connectivity index (χ2v) is 7.60. The molecule has 0 saturated carbocycles. The number of nitrogen functional groups attached to an aromatic ring is 1. The van der Waals surface area contributed by atoms with E-state index in [0.29, 0.717) is 24.7 Å². The topological polar surface area (TPSA) is 81.5 Å². The van der Waals surface area contributed by atoms with Crippen LogP contribution >= 0.6 is 0 Å². The molecule has 0 unspecified atom stereocenters. The molecule has 2 heterocycles. The summed E-state index contributed by atoms with van der Waals surface area (Å²) in [6, 6.07) is 20.3. The molecular weight excluding hydrogens is 390 g/mol. The molecule has 4 aromatic rings. The van der Waals surface area contributed by atoms with Crippen LogP contribution in [0.15, 0.2) is 67.0 Å². The number of methoxy groups -OCH3 is 1. The van der Waals surface area contributed by atoms with Crippen molar-refractivity contribution < 1.29 is 19.1 Å². The molecule has 1 aliphatic rings. The maximum absolute atomic E-state index is 9.27.